The van der Waals surface area contributed by atoms with E-state index in [0.717, 1.165) is 18.2 Å². The topological polar surface area (TPSA) is 115 Å². The molecule has 0 fully saturated rings. The first-order valence-electron chi connectivity index (χ1n) is 9.98. The second-order valence-corrected chi connectivity index (χ2v) is 7.58. The number of halogens is 4. The van der Waals surface area contributed by atoms with Crippen LogP contribution in [0.5, 0.6) is 11.5 Å². The lowest BCUT2D eigenvalue weighted by atomic mass is 10.2. The number of esters is 1. The first-order valence-corrected chi connectivity index (χ1v) is 10.8. The van der Waals surface area contributed by atoms with Crippen LogP contribution in [0.1, 0.15) is 24.5 Å². The average Bonchev–Trinajstić information content (AvgIpc) is 2.78. The Morgan fingerprint density at radius 1 is 1.11 bits per heavy atom. The molecule has 0 saturated heterocycles. The molecule has 0 aromatic heterocycles. The van der Waals surface area contributed by atoms with Crippen LogP contribution in [0.2, 0.25) is 0 Å². The van der Waals surface area contributed by atoms with Crippen molar-refractivity contribution >= 4 is 45.6 Å². The predicted molar refractivity (Wildman–Crippen MR) is 123 cm³/mol. The number of hydrogen-bond donors (Lipinski definition) is 2. The summed E-state index contributed by atoms with van der Waals surface area (Å²) in [6.07, 6.45) is -3.95. The minimum absolute atomic E-state index is 0.0936. The Morgan fingerprint density at radius 3 is 2.51 bits per heavy atom. The number of hydrogen-bond acceptors (Lipinski definition) is 7. The van der Waals surface area contributed by atoms with E-state index >= 15 is 0 Å². The number of rotatable bonds is 10. The third kappa shape index (κ3) is 8.92. The van der Waals surface area contributed by atoms with E-state index in [2.05, 4.69) is 36.5 Å². The molecule has 188 valence electrons. The number of amides is 2. The zero-order valence-corrected chi connectivity index (χ0v) is 20.2. The van der Waals surface area contributed by atoms with Crippen molar-refractivity contribution in [2.24, 2.45) is 5.10 Å². The second-order valence-electron chi connectivity index (χ2n) is 6.72. The number of methoxy groups -OCH3 is 1. The molecule has 0 atom stereocenters. The quantitative estimate of drug-likeness (QED) is 0.197. The summed E-state index contributed by atoms with van der Waals surface area (Å²) in [7, 11) is 1.23. The van der Waals surface area contributed by atoms with Gasteiger partial charge in [-0.2, -0.15) is 18.3 Å². The third-order valence-electron chi connectivity index (χ3n) is 4.09. The van der Waals surface area contributed by atoms with Crippen molar-refractivity contribution in [3.05, 3.63) is 52.0 Å². The molecule has 0 heterocycles. The summed E-state index contributed by atoms with van der Waals surface area (Å²) in [5, 5.41) is 5.99. The zero-order valence-electron chi connectivity index (χ0n) is 18.6. The molecule has 35 heavy (non-hydrogen) atoms. The van der Waals surface area contributed by atoms with Crippen LogP contribution in [-0.2, 0) is 25.3 Å². The first-order chi connectivity index (χ1) is 16.5. The largest absolute Gasteiger partial charge is 0.490 e. The zero-order chi connectivity index (χ0) is 26.0. The monoisotopic (exact) mass is 559 g/mol. The highest BCUT2D eigenvalue weighted by Crippen LogP contribution is 2.36. The fraction of sp³-hybridized carbons (Fsp3) is 0.273. The molecule has 0 saturated carbocycles. The number of nitrogens with zero attached hydrogens (tertiary/aromatic N) is 1. The van der Waals surface area contributed by atoms with Crippen LogP contribution in [-0.4, -0.2) is 44.3 Å². The highest BCUT2D eigenvalue weighted by molar-refractivity contribution is 9.10. The van der Waals surface area contributed by atoms with Gasteiger partial charge in [-0.1, -0.05) is 6.07 Å². The molecule has 0 aliphatic heterocycles. The van der Waals surface area contributed by atoms with Crippen LogP contribution < -0.4 is 20.2 Å². The van der Waals surface area contributed by atoms with Gasteiger partial charge in [-0.25, -0.2) is 10.2 Å². The van der Waals surface area contributed by atoms with Crippen molar-refractivity contribution in [3.63, 3.8) is 0 Å². The van der Waals surface area contributed by atoms with E-state index in [1.807, 2.05) is 0 Å². The SMILES string of the molecule is CCOc1cc(C=NNC(=O)CC(=O)Nc2cccc(C(F)(F)F)c2)cc(Br)c1OCC(=O)OC. The standard InChI is InChI=1S/C22H21BrF3N3O6/c1-3-34-17-8-13(7-16(23)21(17)35-12-20(32)33-2)11-27-29-19(31)10-18(30)28-15-6-4-5-14(9-15)22(24,25)26/h4-9,11H,3,10,12H2,1-2H3,(H,28,30)(H,29,31). The minimum Gasteiger partial charge on any atom is -0.490 e. The van der Waals surface area contributed by atoms with Crippen LogP contribution in [0.4, 0.5) is 18.9 Å². The molecule has 0 radical (unpaired) electrons. The lowest BCUT2D eigenvalue weighted by Gasteiger charge is -2.13. The summed E-state index contributed by atoms with van der Waals surface area (Å²) in [5.74, 6) is -1.60. The van der Waals surface area contributed by atoms with Gasteiger partial charge in [0.15, 0.2) is 18.1 Å². The van der Waals surface area contributed by atoms with E-state index < -0.39 is 35.9 Å². The number of nitrogens with one attached hydrogen (secondary N) is 2. The molecule has 0 spiro atoms. The van der Waals surface area contributed by atoms with Gasteiger partial charge in [-0.05, 0) is 58.7 Å². The van der Waals surface area contributed by atoms with Crippen molar-refractivity contribution in [2.75, 3.05) is 25.6 Å². The summed E-state index contributed by atoms with van der Waals surface area (Å²) >= 11 is 3.31. The number of hydrazone groups is 1. The smallest absolute Gasteiger partial charge is 0.416 e. The summed E-state index contributed by atoms with van der Waals surface area (Å²) in [4.78, 5) is 35.3. The Labute approximate surface area is 206 Å². The van der Waals surface area contributed by atoms with Gasteiger partial charge in [0.1, 0.15) is 6.42 Å². The van der Waals surface area contributed by atoms with Crippen molar-refractivity contribution in [1.29, 1.82) is 0 Å². The van der Waals surface area contributed by atoms with Gasteiger partial charge in [-0.3, -0.25) is 9.59 Å². The number of alkyl halides is 3. The van der Waals surface area contributed by atoms with Gasteiger partial charge in [0.2, 0.25) is 11.8 Å². The van der Waals surface area contributed by atoms with E-state index in [0.29, 0.717) is 22.4 Å². The second kappa shape index (κ2) is 12.7. The van der Waals surface area contributed by atoms with Gasteiger partial charge in [0.25, 0.3) is 0 Å². The fourth-order valence-electron chi connectivity index (χ4n) is 2.60. The van der Waals surface area contributed by atoms with E-state index in [4.69, 9.17) is 9.47 Å². The maximum atomic E-state index is 12.8. The van der Waals surface area contributed by atoms with Gasteiger partial charge in [-0.15, -0.1) is 0 Å². The number of anilines is 1. The molecule has 13 heteroatoms. The number of ether oxygens (including phenoxy) is 3. The van der Waals surface area contributed by atoms with Crippen molar-refractivity contribution in [3.8, 4) is 11.5 Å². The van der Waals surface area contributed by atoms with Crippen LogP contribution in [0.15, 0.2) is 46.0 Å². The van der Waals surface area contributed by atoms with Crippen molar-refractivity contribution < 1.29 is 41.8 Å². The Morgan fingerprint density at radius 2 is 1.86 bits per heavy atom. The molecule has 0 aliphatic carbocycles. The predicted octanol–water partition coefficient (Wildman–Crippen LogP) is 3.90. The molecule has 2 aromatic carbocycles. The Bertz CT molecular complexity index is 1110. The maximum Gasteiger partial charge on any atom is 0.416 e. The Balaban J connectivity index is 1.98. The van der Waals surface area contributed by atoms with E-state index in [-0.39, 0.29) is 18.0 Å². The number of carbonyl (C=O) groups excluding carboxylic acids is 3. The van der Waals surface area contributed by atoms with E-state index in [9.17, 15) is 27.6 Å². The normalized spacial score (nSPS) is 11.1. The van der Waals surface area contributed by atoms with Crippen LogP contribution in [0.25, 0.3) is 0 Å². The minimum atomic E-state index is -4.56. The summed E-state index contributed by atoms with van der Waals surface area (Å²) in [5.41, 5.74) is 1.62. The average molecular weight is 560 g/mol. The molecule has 2 rings (SSSR count). The highest BCUT2D eigenvalue weighted by atomic mass is 79.9. The van der Waals surface area contributed by atoms with Crippen LogP contribution >= 0.6 is 15.9 Å². The summed E-state index contributed by atoms with van der Waals surface area (Å²) in [6, 6.07) is 7.19. The molecule has 2 amide bonds. The van der Waals surface area contributed by atoms with Crippen molar-refractivity contribution in [2.45, 2.75) is 19.5 Å². The van der Waals surface area contributed by atoms with Gasteiger partial charge in [0.05, 0.1) is 30.0 Å². The first kappa shape index (κ1) is 27.6. The van der Waals surface area contributed by atoms with Crippen LogP contribution in [0, 0.1) is 0 Å². The summed E-state index contributed by atoms with van der Waals surface area (Å²) in [6.45, 7) is 1.73. The van der Waals surface area contributed by atoms with Crippen molar-refractivity contribution in [1.82, 2.24) is 5.43 Å². The van der Waals surface area contributed by atoms with E-state index in [1.165, 1.54) is 19.4 Å². The number of benzene rings is 2. The van der Waals surface area contributed by atoms with Crippen LogP contribution in [0.3, 0.4) is 0 Å². The van der Waals surface area contributed by atoms with Gasteiger partial charge >= 0.3 is 12.1 Å². The Hall–Kier alpha value is -3.61. The molecule has 0 unspecified atom stereocenters. The number of carbonyl (C=O) groups is 3. The Kier molecular flexibility index (Phi) is 10.1. The van der Waals surface area contributed by atoms with E-state index in [1.54, 1.807) is 19.1 Å². The van der Waals surface area contributed by atoms with Gasteiger partial charge < -0.3 is 19.5 Å². The molecule has 2 N–H and O–H groups in total. The highest BCUT2D eigenvalue weighted by Gasteiger charge is 2.30. The maximum absolute atomic E-state index is 12.8. The molecule has 2 aromatic rings. The third-order valence-corrected chi connectivity index (χ3v) is 4.68. The molecular weight excluding hydrogens is 539 g/mol. The fourth-order valence-corrected chi connectivity index (χ4v) is 3.17. The molecular formula is C22H21BrF3N3O6. The molecule has 0 bridgehead atoms. The lowest BCUT2D eigenvalue weighted by molar-refractivity contribution is -0.143. The molecule has 9 nitrogen and oxygen atoms in total. The lowest BCUT2D eigenvalue weighted by Crippen LogP contribution is -2.24. The summed E-state index contributed by atoms with van der Waals surface area (Å²) < 4.78 is 54.2. The van der Waals surface area contributed by atoms with Gasteiger partial charge in [0, 0.05) is 5.69 Å². The molecule has 0 aliphatic rings.